The van der Waals surface area contributed by atoms with Crippen LogP contribution in [-0.2, 0) is 19.1 Å². The molecule has 0 fully saturated rings. The summed E-state index contributed by atoms with van der Waals surface area (Å²) in [6.45, 7) is 2.38. The van der Waals surface area contributed by atoms with Gasteiger partial charge in [-0.1, -0.05) is 0 Å². The van der Waals surface area contributed by atoms with E-state index in [9.17, 15) is 19.2 Å². The van der Waals surface area contributed by atoms with Crippen molar-refractivity contribution in [3.63, 3.8) is 0 Å². The lowest BCUT2D eigenvalue weighted by Gasteiger charge is -2.14. The first-order valence-corrected chi connectivity index (χ1v) is 6.10. The number of benzene rings is 1. The average Bonchev–Trinajstić information content (AvgIpc) is 2.44. The summed E-state index contributed by atoms with van der Waals surface area (Å²) in [5.74, 6) is -2.86. The monoisotopic (exact) mass is 309 g/mol. The van der Waals surface area contributed by atoms with E-state index >= 15 is 0 Å². The summed E-state index contributed by atoms with van der Waals surface area (Å²) in [6.07, 6.45) is 0. The SMILES string of the molecule is COC(=O)c1cc(C(=O)OC)c(OC(C)=O)cc1NC(C)=O. The molecule has 1 rings (SSSR count). The van der Waals surface area contributed by atoms with Crippen molar-refractivity contribution in [2.75, 3.05) is 19.5 Å². The Morgan fingerprint density at radius 1 is 0.909 bits per heavy atom. The lowest BCUT2D eigenvalue weighted by atomic mass is 10.1. The highest BCUT2D eigenvalue weighted by Crippen LogP contribution is 2.29. The molecule has 1 aromatic rings. The Bertz CT molecular complexity index is 585. The van der Waals surface area contributed by atoms with E-state index in [0.717, 1.165) is 27.2 Å². The topological polar surface area (TPSA) is 108 Å². The zero-order valence-corrected chi connectivity index (χ0v) is 12.5. The van der Waals surface area contributed by atoms with Crippen molar-refractivity contribution in [2.24, 2.45) is 0 Å². The Labute approximate surface area is 126 Å². The van der Waals surface area contributed by atoms with Crippen molar-refractivity contribution in [1.82, 2.24) is 0 Å². The number of hydrogen-bond donors (Lipinski definition) is 1. The predicted octanol–water partition coefficient (Wildman–Crippen LogP) is 1.14. The highest BCUT2D eigenvalue weighted by molar-refractivity contribution is 6.04. The van der Waals surface area contributed by atoms with Crippen molar-refractivity contribution < 1.29 is 33.4 Å². The maximum atomic E-state index is 11.8. The molecule has 8 heteroatoms. The lowest BCUT2D eigenvalue weighted by Crippen LogP contribution is -2.16. The Balaban J connectivity index is 3.54. The molecular formula is C14H15NO7. The summed E-state index contributed by atoms with van der Waals surface area (Å²) in [6, 6.07) is 2.31. The van der Waals surface area contributed by atoms with E-state index in [0.29, 0.717) is 0 Å². The van der Waals surface area contributed by atoms with Gasteiger partial charge in [-0.25, -0.2) is 9.59 Å². The van der Waals surface area contributed by atoms with Gasteiger partial charge in [0, 0.05) is 19.9 Å². The molecule has 0 aliphatic rings. The first-order valence-electron chi connectivity index (χ1n) is 6.10. The van der Waals surface area contributed by atoms with Crippen LogP contribution in [0.1, 0.15) is 34.6 Å². The Hall–Kier alpha value is -2.90. The molecule has 0 aliphatic heterocycles. The van der Waals surface area contributed by atoms with Gasteiger partial charge in [0.15, 0.2) is 0 Å². The molecule has 1 aromatic carbocycles. The molecule has 0 bridgehead atoms. The van der Waals surface area contributed by atoms with Crippen LogP contribution in [0.2, 0.25) is 0 Å². The molecule has 0 saturated carbocycles. The maximum Gasteiger partial charge on any atom is 0.341 e. The molecule has 0 atom stereocenters. The largest absolute Gasteiger partial charge is 0.465 e. The Kier molecular flexibility index (Phi) is 5.62. The van der Waals surface area contributed by atoms with Crippen molar-refractivity contribution >= 4 is 29.5 Å². The van der Waals surface area contributed by atoms with Gasteiger partial charge in [0.05, 0.1) is 25.5 Å². The molecule has 22 heavy (non-hydrogen) atoms. The van der Waals surface area contributed by atoms with E-state index in [-0.39, 0.29) is 22.6 Å². The standard InChI is InChI=1S/C14H15NO7/c1-7(16)15-11-6-12(22-8(2)17)10(14(19)21-4)5-9(11)13(18)20-3/h5-6H,1-4H3,(H,15,16). The smallest absolute Gasteiger partial charge is 0.341 e. The summed E-state index contributed by atoms with van der Waals surface area (Å²) in [5.41, 5.74) is -0.176. The van der Waals surface area contributed by atoms with Crippen LogP contribution in [0.3, 0.4) is 0 Å². The first kappa shape index (κ1) is 17.2. The highest BCUT2D eigenvalue weighted by Gasteiger charge is 2.22. The van der Waals surface area contributed by atoms with Crippen LogP contribution >= 0.6 is 0 Å². The van der Waals surface area contributed by atoms with E-state index in [1.54, 1.807) is 0 Å². The van der Waals surface area contributed by atoms with Gasteiger partial charge in [-0.15, -0.1) is 0 Å². The second-order valence-corrected chi connectivity index (χ2v) is 4.15. The highest BCUT2D eigenvalue weighted by atomic mass is 16.5. The molecule has 0 heterocycles. The molecule has 0 aromatic heterocycles. The third-order valence-electron chi connectivity index (χ3n) is 2.49. The molecule has 0 saturated heterocycles. The van der Waals surface area contributed by atoms with Crippen molar-refractivity contribution in [3.8, 4) is 5.75 Å². The summed E-state index contributed by atoms with van der Waals surface area (Å²) >= 11 is 0. The number of carbonyl (C=O) groups is 4. The predicted molar refractivity (Wildman–Crippen MR) is 74.7 cm³/mol. The molecular weight excluding hydrogens is 294 g/mol. The molecule has 0 aliphatic carbocycles. The van der Waals surface area contributed by atoms with E-state index in [1.165, 1.54) is 13.0 Å². The number of rotatable bonds is 4. The first-order chi connectivity index (χ1) is 10.3. The fraction of sp³-hybridized carbons (Fsp3) is 0.286. The van der Waals surface area contributed by atoms with Crippen molar-refractivity contribution in [1.29, 1.82) is 0 Å². The maximum absolute atomic E-state index is 11.8. The van der Waals surface area contributed by atoms with Gasteiger partial charge >= 0.3 is 17.9 Å². The van der Waals surface area contributed by atoms with Gasteiger partial charge in [0.1, 0.15) is 11.3 Å². The van der Waals surface area contributed by atoms with E-state index in [4.69, 9.17) is 4.74 Å². The van der Waals surface area contributed by atoms with E-state index < -0.39 is 23.8 Å². The fourth-order valence-electron chi connectivity index (χ4n) is 1.66. The Morgan fingerprint density at radius 2 is 1.45 bits per heavy atom. The zero-order valence-electron chi connectivity index (χ0n) is 12.5. The number of ether oxygens (including phenoxy) is 3. The van der Waals surface area contributed by atoms with Crippen molar-refractivity contribution in [2.45, 2.75) is 13.8 Å². The zero-order chi connectivity index (χ0) is 16.9. The molecule has 8 nitrogen and oxygen atoms in total. The summed E-state index contributed by atoms with van der Waals surface area (Å²) in [7, 11) is 2.29. The third-order valence-corrected chi connectivity index (χ3v) is 2.49. The molecule has 118 valence electrons. The molecule has 0 radical (unpaired) electrons. The number of amides is 1. The number of hydrogen-bond acceptors (Lipinski definition) is 7. The normalized spacial score (nSPS) is 9.64. The van der Waals surface area contributed by atoms with Crippen LogP contribution < -0.4 is 10.1 Å². The minimum absolute atomic E-state index is 0.0447. The number of nitrogens with one attached hydrogen (secondary N) is 1. The summed E-state index contributed by atoms with van der Waals surface area (Å²) < 4.78 is 14.1. The van der Waals surface area contributed by atoms with Crippen LogP contribution in [0.4, 0.5) is 5.69 Å². The second-order valence-electron chi connectivity index (χ2n) is 4.15. The van der Waals surface area contributed by atoms with E-state index in [2.05, 4.69) is 14.8 Å². The quantitative estimate of drug-likeness (QED) is 0.656. The molecule has 1 N–H and O–H groups in total. The van der Waals surface area contributed by atoms with Gasteiger partial charge in [0.25, 0.3) is 0 Å². The van der Waals surface area contributed by atoms with Gasteiger partial charge in [-0.2, -0.15) is 0 Å². The van der Waals surface area contributed by atoms with Crippen LogP contribution in [0.25, 0.3) is 0 Å². The fourth-order valence-corrected chi connectivity index (χ4v) is 1.66. The van der Waals surface area contributed by atoms with Gasteiger partial charge in [-0.3, -0.25) is 9.59 Å². The minimum atomic E-state index is -0.809. The van der Waals surface area contributed by atoms with Crippen LogP contribution in [0.5, 0.6) is 5.75 Å². The molecule has 0 unspecified atom stereocenters. The number of anilines is 1. The van der Waals surface area contributed by atoms with E-state index in [1.807, 2.05) is 0 Å². The second kappa shape index (κ2) is 7.21. The average molecular weight is 309 g/mol. The number of carbonyl (C=O) groups excluding carboxylic acids is 4. The van der Waals surface area contributed by atoms with Crippen LogP contribution in [-0.4, -0.2) is 38.0 Å². The Morgan fingerprint density at radius 3 is 1.91 bits per heavy atom. The summed E-state index contributed by atoms with van der Waals surface area (Å²) in [5, 5.41) is 2.40. The number of methoxy groups -OCH3 is 2. The number of esters is 3. The summed E-state index contributed by atoms with van der Waals surface area (Å²) in [4.78, 5) is 45.9. The third kappa shape index (κ3) is 4.05. The molecule has 0 spiro atoms. The lowest BCUT2D eigenvalue weighted by molar-refractivity contribution is -0.131. The van der Waals surface area contributed by atoms with Gasteiger partial charge in [0.2, 0.25) is 5.91 Å². The van der Waals surface area contributed by atoms with Crippen molar-refractivity contribution in [3.05, 3.63) is 23.3 Å². The van der Waals surface area contributed by atoms with Gasteiger partial charge < -0.3 is 19.5 Å². The molecule has 1 amide bonds. The van der Waals surface area contributed by atoms with Gasteiger partial charge in [-0.05, 0) is 6.07 Å². The van der Waals surface area contributed by atoms with Crippen LogP contribution in [0, 0.1) is 0 Å². The van der Waals surface area contributed by atoms with Crippen LogP contribution in [0.15, 0.2) is 12.1 Å². The minimum Gasteiger partial charge on any atom is -0.465 e.